The first-order valence-electron chi connectivity index (χ1n) is 5.19. The van der Waals surface area contributed by atoms with Crippen molar-refractivity contribution >= 4 is 12.0 Å². The summed E-state index contributed by atoms with van der Waals surface area (Å²) in [7, 11) is 0. The third kappa shape index (κ3) is 2.22. The van der Waals surface area contributed by atoms with Gasteiger partial charge in [0.2, 0.25) is 0 Å². The van der Waals surface area contributed by atoms with E-state index in [-0.39, 0.29) is 12.1 Å². The van der Waals surface area contributed by atoms with Crippen LogP contribution in [0.15, 0.2) is 0 Å². The molecule has 0 aromatic heterocycles. The number of nitrogens with zero attached hydrogens (tertiary/aromatic N) is 1. The highest BCUT2D eigenvalue weighted by Crippen LogP contribution is 2.29. The van der Waals surface area contributed by atoms with E-state index in [4.69, 9.17) is 5.11 Å². The fraction of sp³-hybridized carbons (Fsp3) is 0.800. The number of nitrogens with one attached hydrogen (secondary N) is 1. The lowest BCUT2D eigenvalue weighted by molar-refractivity contribution is -0.147. The van der Waals surface area contributed by atoms with Crippen molar-refractivity contribution < 1.29 is 14.7 Å². The van der Waals surface area contributed by atoms with E-state index in [1.165, 1.54) is 4.90 Å². The minimum atomic E-state index is -1.04. The van der Waals surface area contributed by atoms with Crippen molar-refractivity contribution in [2.45, 2.75) is 45.2 Å². The standard InChI is InChI=1S/C10H18N2O3/c1-7(2)11-9(15)12-6-4-5-10(12,3)8(13)14/h7H,4-6H2,1-3H3,(H,11,15)(H,13,14). The minimum Gasteiger partial charge on any atom is -0.480 e. The maximum Gasteiger partial charge on any atom is 0.329 e. The van der Waals surface area contributed by atoms with Crippen molar-refractivity contribution in [1.29, 1.82) is 0 Å². The second-order valence-electron chi connectivity index (χ2n) is 4.44. The van der Waals surface area contributed by atoms with Crippen LogP contribution in [0, 0.1) is 0 Å². The van der Waals surface area contributed by atoms with Crippen LogP contribution in [0.4, 0.5) is 4.79 Å². The summed E-state index contributed by atoms with van der Waals surface area (Å²) >= 11 is 0. The molecule has 5 nitrogen and oxygen atoms in total. The first kappa shape index (κ1) is 11.8. The van der Waals surface area contributed by atoms with Gasteiger partial charge in [-0.05, 0) is 33.6 Å². The van der Waals surface area contributed by atoms with Gasteiger partial charge in [-0.15, -0.1) is 0 Å². The van der Waals surface area contributed by atoms with Crippen LogP contribution in [0.25, 0.3) is 0 Å². The molecule has 1 rings (SSSR count). The molecule has 1 atom stereocenters. The smallest absolute Gasteiger partial charge is 0.329 e. The number of carbonyl (C=O) groups is 2. The second-order valence-corrected chi connectivity index (χ2v) is 4.44. The first-order chi connectivity index (χ1) is 6.88. The Hall–Kier alpha value is -1.26. The molecule has 1 aliphatic heterocycles. The van der Waals surface area contributed by atoms with E-state index in [0.29, 0.717) is 13.0 Å². The van der Waals surface area contributed by atoms with Gasteiger partial charge in [0.25, 0.3) is 0 Å². The van der Waals surface area contributed by atoms with Gasteiger partial charge < -0.3 is 15.3 Å². The van der Waals surface area contributed by atoms with Gasteiger partial charge in [0.1, 0.15) is 5.54 Å². The van der Waals surface area contributed by atoms with Crippen molar-refractivity contribution in [1.82, 2.24) is 10.2 Å². The maximum atomic E-state index is 11.7. The fourth-order valence-corrected chi connectivity index (χ4v) is 1.84. The molecule has 1 heterocycles. The van der Waals surface area contributed by atoms with Crippen LogP contribution in [0.5, 0.6) is 0 Å². The van der Waals surface area contributed by atoms with Crippen molar-refractivity contribution in [3.8, 4) is 0 Å². The zero-order valence-corrected chi connectivity index (χ0v) is 9.41. The molecule has 0 saturated carbocycles. The summed E-state index contributed by atoms with van der Waals surface area (Å²) in [6.07, 6.45) is 1.27. The topological polar surface area (TPSA) is 69.6 Å². The average molecular weight is 214 g/mol. The third-order valence-electron chi connectivity index (χ3n) is 2.76. The molecule has 0 spiro atoms. The highest BCUT2D eigenvalue weighted by molar-refractivity contribution is 5.86. The molecule has 1 saturated heterocycles. The molecule has 0 aliphatic carbocycles. The summed E-state index contributed by atoms with van der Waals surface area (Å²) in [4.78, 5) is 24.2. The molecule has 15 heavy (non-hydrogen) atoms. The fourth-order valence-electron chi connectivity index (χ4n) is 1.84. The summed E-state index contributed by atoms with van der Waals surface area (Å²) in [6.45, 7) is 5.82. The Kier molecular flexibility index (Phi) is 3.21. The number of aliphatic carboxylic acids is 1. The number of urea groups is 1. The summed E-state index contributed by atoms with van der Waals surface area (Å²) in [5.74, 6) is -0.932. The monoisotopic (exact) mass is 214 g/mol. The summed E-state index contributed by atoms with van der Waals surface area (Å²) in [6, 6.07) is -0.261. The lowest BCUT2D eigenvalue weighted by atomic mass is 10.00. The number of carboxylic acids is 1. The molecular formula is C10H18N2O3. The van der Waals surface area contributed by atoms with Crippen LogP contribution in [0.1, 0.15) is 33.6 Å². The molecule has 1 aliphatic rings. The zero-order chi connectivity index (χ0) is 11.6. The van der Waals surface area contributed by atoms with Crippen LogP contribution in [0.3, 0.4) is 0 Å². The maximum absolute atomic E-state index is 11.7. The number of hydrogen-bond acceptors (Lipinski definition) is 2. The number of likely N-dealkylation sites (tertiary alicyclic amines) is 1. The Morgan fingerprint density at radius 1 is 1.47 bits per heavy atom. The van der Waals surface area contributed by atoms with E-state index >= 15 is 0 Å². The minimum absolute atomic E-state index is 0.0242. The van der Waals surface area contributed by atoms with Crippen LogP contribution >= 0.6 is 0 Å². The number of rotatable bonds is 2. The molecule has 1 fully saturated rings. The average Bonchev–Trinajstić information content (AvgIpc) is 2.47. The van der Waals surface area contributed by atoms with Gasteiger partial charge in [-0.25, -0.2) is 9.59 Å². The number of carboxylic acid groups (broad SMARTS) is 1. The molecule has 5 heteroatoms. The Morgan fingerprint density at radius 2 is 2.07 bits per heavy atom. The molecule has 1 unspecified atom stereocenters. The summed E-state index contributed by atoms with van der Waals surface area (Å²) in [5, 5.41) is 11.8. The second kappa shape index (κ2) is 4.08. The van der Waals surface area contributed by atoms with Crippen LogP contribution in [0.2, 0.25) is 0 Å². The lowest BCUT2D eigenvalue weighted by Gasteiger charge is -2.31. The molecule has 0 radical (unpaired) electrons. The number of carbonyl (C=O) groups excluding carboxylic acids is 1. The van der Waals surface area contributed by atoms with Crippen molar-refractivity contribution in [3.05, 3.63) is 0 Å². The largest absolute Gasteiger partial charge is 0.480 e. The molecule has 0 bridgehead atoms. The van der Waals surface area contributed by atoms with Gasteiger partial charge in [-0.2, -0.15) is 0 Å². The summed E-state index contributed by atoms with van der Waals surface area (Å²) in [5.41, 5.74) is -1.04. The summed E-state index contributed by atoms with van der Waals surface area (Å²) < 4.78 is 0. The molecule has 0 aromatic carbocycles. The first-order valence-corrected chi connectivity index (χ1v) is 5.19. The van der Waals surface area contributed by atoms with Gasteiger partial charge >= 0.3 is 12.0 Å². The molecule has 86 valence electrons. The Bertz CT molecular complexity index is 278. The molecular weight excluding hydrogens is 196 g/mol. The van der Waals surface area contributed by atoms with E-state index in [9.17, 15) is 9.59 Å². The Morgan fingerprint density at radius 3 is 2.53 bits per heavy atom. The van der Waals surface area contributed by atoms with Crippen LogP contribution in [-0.4, -0.2) is 40.1 Å². The van der Waals surface area contributed by atoms with Crippen molar-refractivity contribution in [3.63, 3.8) is 0 Å². The van der Waals surface area contributed by atoms with Gasteiger partial charge in [0.05, 0.1) is 0 Å². The van der Waals surface area contributed by atoms with Gasteiger partial charge in [0.15, 0.2) is 0 Å². The quantitative estimate of drug-likeness (QED) is 0.721. The normalized spacial score (nSPS) is 25.7. The molecule has 0 aromatic rings. The van der Waals surface area contributed by atoms with E-state index in [1.807, 2.05) is 13.8 Å². The Labute approximate surface area is 89.4 Å². The number of hydrogen-bond donors (Lipinski definition) is 2. The highest BCUT2D eigenvalue weighted by Gasteiger charge is 2.45. The van der Waals surface area contributed by atoms with E-state index < -0.39 is 11.5 Å². The van der Waals surface area contributed by atoms with E-state index in [2.05, 4.69) is 5.32 Å². The van der Waals surface area contributed by atoms with Gasteiger partial charge in [-0.1, -0.05) is 0 Å². The van der Waals surface area contributed by atoms with Crippen molar-refractivity contribution in [2.24, 2.45) is 0 Å². The van der Waals surface area contributed by atoms with Crippen molar-refractivity contribution in [2.75, 3.05) is 6.54 Å². The van der Waals surface area contributed by atoms with Gasteiger partial charge in [0, 0.05) is 12.6 Å². The van der Waals surface area contributed by atoms with Crippen LogP contribution in [-0.2, 0) is 4.79 Å². The number of amides is 2. The zero-order valence-electron chi connectivity index (χ0n) is 9.41. The lowest BCUT2D eigenvalue weighted by Crippen LogP contribution is -2.55. The third-order valence-corrected chi connectivity index (χ3v) is 2.76. The van der Waals surface area contributed by atoms with Gasteiger partial charge in [-0.3, -0.25) is 0 Å². The van der Waals surface area contributed by atoms with Crippen LogP contribution < -0.4 is 5.32 Å². The molecule has 2 N–H and O–H groups in total. The van der Waals surface area contributed by atoms with E-state index in [0.717, 1.165) is 6.42 Å². The predicted octanol–water partition coefficient (Wildman–Crippen LogP) is 1.04. The predicted molar refractivity (Wildman–Crippen MR) is 55.6 cm³/mol. The molecule has 2 amide bonds. The van der Waals surface area contributed by atoms with E-state index in [1.54, 1.807) is 6.92 Å². The SMILES string of the molecule is CC(C)NC(=O)N1CCCC1(C)C(=O)O. The Balaban J connectivity index is 2.76. The highest BCUT2D eigenvalue weighted by atomic mass is 16.4.